The van der Waals surface area contributed by atoms with Crippen LogP contribution in [0.15, 0.2) is 73.6 Å². The molecule has 4 heterocycles. The van der Waals surface area contributed by atoms with Crippen LogP contribution in [0.2, 0.25) is 0 Å². The molecule has 63 heavy (non-hydrogen) atoms. The van der Waals surface area contributed by atoms with Gasteiger partial charge in [0.25, 0.3) is 0 Å². The molecular formula is C51H66N6O6. The van der Waals surface area contributed by atoms with Gasteiger partial charge >= 0.3 is 0 Å². The third-order valence-electron chi connectivity index (χ3n) is 11.7. The molecule has 0 spiro atoms. The second-order valence-electron chi connectivity index (χ2n) is 19.8. The third kappa shape index (κ3) is 11.0. The van der Waals surface area contributed by atoms with Crippen LogP contribution in [0.4, 0.5) is 0 Å². The Kier molecular flexibility index (Phi) is 13.6. The summed E-state index contributed by atoms with van der Waals surface area (Å²) in [5, 5.41) is 0. The number of aryl methyl sites for hydroxylation is 3. The smallest absolute Gasteiger partial charge is 0.146 e. The first-order valence-electron chi connectivity index (χ1n) is 21.8. The summed E-state index contributed by atoms with van der Waals surface area (Å²) in [6.07, 6.45) is 11.1. The maximum atomic E-state index is 6.76. The van der Waals surface area contributed by atoms with Gasteiger partial charge in [-0.2, -0.15) is 0 Å². The van der Waals surface area contributed by atoms with E-state index >= 15 is 0 Å². The van der Waals surface area contributed by atoms with Gasteiger partial charge in [0.15, 0.2) is 0 Å². The highest BCUT2D eigenvalue weighted by Gasteiger charge is 2.26. The van der Waals surface area contributed by atoms with Crippen molar-refractivity contribution in [2.75, 3.05) is 0 Å². The van der Waals surface area contributed by atoms with Gasteiger partial charge in [-0.3, -0.25) is 0 Å². The van der Waals surface area contributed by atoms with Gasteiger partial charge in [0.2, 0.25) is 0 Å². The van der Waals surface area contributed by atoms with Crippen molar-refractivity contribution in [3.63, 3.8) is 0 Å². The first-order chi connectivity index (χ1) is 29.8. The van der Waals surface area contributed by atoms with Gasteiger partial charge in [-0.15, -0.1) is 0 Å². The number of nitrogens with zero attached hydrogens (tertiary/aromatic N) is 6. The lowest BCUT2D eigenvalue weighted by Gasteiger charge is -2.26. The molecule has 6 aromatic rings. The summed E-state index contributed by atoms with van der Waals surface area (Å²) in [6, 6.07) is 13.3. The predicted octanol–water partition coefficient (Wildman–Crippen LogP) is 9.98. The van der Waals surface area contributed by atoms with Crippen LogP contribution in [0.5, 0.6) is 17.2 Å². The molecule has 7 rings (SSSR count). The average molecular weight is 859 g/mol. The van der Waals surface area contributed by atoms with Crippen molar-refractivity contribution in [2.45, 2.75) is 138 Å². The number of rotatable bonds is 9. The summed E-state index contributed by atoms with van der Waals surface area (Å²) in [7, 11) is 5.93. The number of aromatic nitrogens is 6. The van der Waals surface area contributed by atoms with Crippen LogP contribution < -0.4 is 14.2 Å². The Morgan fingerprint density at radius 1 is 0.413 bits per heavy atom. The minimum absolute atomic E-state index is 0.164. The standard InChI is InChI=1S/C51H66N6O6/c1-49(2,3)40-19-34-25-58-27-36-21-41(50(4,5)6)23-38(47(36)62-32-44-53-14-17-56(44)11)29-60-30-39-24-42(51(7,8)9)22-37(48(39)63-33-45-54-15-18-57(45)12)28-59-26-35(20-40)46(34)61-31-43-52-13-16-55(43)10/h13-24H,25-33H2,1-12H3. The second kappa shape index (κ2) is 18.7. The van der Waals surface area contributed by atoms with Gasteiger partial charge in [-0.05, 0) is 69.3 Å². The molecule has 1 aliphatic heterocycles. The van der Waals surface area contributed by atoms with E-state index in [1.807, 2.05) is 53.4 Å². The van der Waals surface area contributed by atoms with Crippen LogP contribution in [0.1, 0.15) is 130 Å². The van der Waals surface area contributed by atoms with Crippen molar-refractivity contribution < 1.29 is 28.4 Å². The molecule has 3 aromatic heterocycles. The fourth-order valence-electron chi connectivity index (χ4n) is 7.59. The molecule has 0 unspecified atom stereocenters. The first kappa shape index (κ1) is 45.6. The van der Waals surface area contributed by atoms with Gasteiger partial charge in [-0.1, -0.05) is 62.3 Å². The number of imidazole rings is 3. The normalized spacial score (nSPS) is 14.3. The average Bonchev–Trinajstić information content (AvgIpc) is 3.95. The minimum atomic E-state index is -0.164. The summed E-state index contributed by atoms with van der Waals surface area (Å²) in [5.74, 6) is 4.62. The molecule has 0 N–H and O–H groups in total. The highest BCUT2D eigenvalue weighted by atomic mass is 16.5. The van der Waals surface area contributed by atoms with Crippen molar-refractivity contribution in [3.8, 4) is 17.2 Å². The van der Waals surface area contributed by atoms with Crippen molar-refractivity contribution >= 4 is 0 Å². The Morgan fingerprint density at radius 2 is 0.635 bits per heavy atom. The van der Waals surface area contributed by atoms with Gasteiger partial charge in [0, 0.05) is 91.7 Å². The molecule has 0 aliphatic carbocycles. The molecule has 12 nitrogen and oxygen atoms in total. The number of fused-ring (bicyclic) bond motifs is 6. The van der Waals surface area contributed by atoms with Crippen molar-refractivity contribution in [2.24, 2.45) is 21.1 Å². The van der Waals surface area contributed by atoms with Crippen LogP contribution in [0.25, 0.3) is 0 Å². The van der Waals surface area contributed by atoms with E-state index in [4.69, 9.17) is 28.4 Å². The molecule has 3 aromatic carbocycles. The zero-order valence-electron chi connectivity index (χ0n) is 39.4. The summed E-state index contributed by atoms with van der Waals surface area (Å²) < 4.78 is 46.5. The van der Waals surface area contributed by atoms with E-state index in [9.17, 15) is 0 Å². The molecular weight excluding hydrogens is 793 g/mol. The quantitative estimate of drug-likeness (QED) is 0.140. The molecule has 0 amide bonds. The molecule has 6 bridgehead atoms. The van der Waals surface area contributed by atoms with Gasteiger partial charge < -0.3 is 42.1 Å². The Bertz CT molecular complexity index is 2160. The lowest BCUT2D eigenvalue weighted by Crippen LogP contribution is -2.17. The first-order valence-corrected chi connectivity index (χ1v) is 21.8. The maximum absolute atomic E-state index is 6.76. The SMILES string of the molecule is Cn1ccnc1COc1c2cc(C(C)(C)C)cc1COCc1cc(C(C)(C)C)cc(c1OCc1nccn1C)COCc1cc(C(C)(C)C)cc(c1OCc1nccn1C)COC2. The van der Waals surface area contributed by atoms with E-state index in [1.165, 1.54) is 0 Å². The van der Waals surface area contributed by atoms with Gasteiger partial charge in [0.1, 0.15) is 54.5 Å². The number of ether oxygens (including phenoxy) is 6. The number of hydrogen-bond donors (Lipinski definition) is 0. The Balaban J connectivity index is 1.39. The molecule has 12 heteroatoms. The fourth-order valence-corrected chi connectivity index (χ4v) is 7.59. The summed E-state index contributed by atoms with van der Waals surface area (Å²) in [5.41, 5.74) is 8.55. The van der Waals surface area contributed by atoms with Crippen molar-refractivity contribution in [3.05, 3.63) is 141 Å². The molecule has 0 atom stereocenters. The van der Waals surface area contributed by atoms with E-state index in [2.05, 4.69) is 114 Å². The molecule has 0 saturated heterocycles. The molecule has 0 radical (unpaired) electrons. The van der Waals surface area contributed by atoms with Crippen LogP contribution in [0.3, 0.4) is 0 Å². The highest BCUT2D eigenvalue weighted by Crippen LogP contribution is 2.39. The topological polar surface area (TPSA) is 109 Å². The van der Waals surface area contributed by atoms with E-state index in [0.29, 0.717) is 39.6 Å². The van der Waals surface area contributed by atoms with Crippen molar-refractivity contribution in [1.82, 2.24) is 28.7 Å². The lowest BCUT2D eigenvalue weighted by atomic mass is 9.84. The third-order valence-corrected chi connectivity index (χ3v) is 11.7. The predicted molar refractivity (Wildman–Crippen MR) is 244 cm³/mol. The Morgan fingerprint density at radius 3 is 0.810 bits per heavy atom. The van der Waals surface area contributed by atoms with Crippen molar-refractivity contribution in [1.29, 1.82) is 0 Å². The highest BCUT2D eigenvalue weighted by molar-refractivity contribution is 5.49. The lowest BCUT2D eigenvalue weighted by molar-refractivity contribution is 0.0890. The van der Waals surface area contributed by atoms with E-state index < -0.39 is 0 Å². The summed E-state index contributed by atoms with van der Waals surface area (Å²) >= 11 is 0. The number of benzene rings is 3. The van der Waals surface area contributed by atoms with E-state index in [0.717, 1.165) is 84.8 Å². The summed E-state index contributed by atoms with van der Waals surface area (Å²) in [4.78, 5) is 13.7. The van der Waals surface area contributed by atoms with Crippen LogP contribution >= 0.6 is 0 Å². The summed E-state index contributed by atoms with van der Waals surface area (Å²) in [6.45, 7) is 22.6. The zero-order valence-corrected chi connectivity index (χ0v) is 39.4. The molecule has 336 valence electrons. The van der Waals surface area contributed by atoms with E-state index in [-0.39, 0.29) is 36.1 Å². The maximum Gasteiger partial charge on any atom is 0.146 e. The largest absolute Gasteiger partial charge is 0.485 e. The van der Waals surface area contributed by atoms with Gasteiger partial charge in [-0.25, -0.2) is 15.0 Å². The number of hydrogen-bond acceptors (Lipinski definition) is 9. The van der Waals surface area contributed by atoms with E-state index in [1.54, 1.807) is 18.6 Å². The Labute approximate surface area is 373 Å². The zero-order chi connectivity index (χ0) is 45.1. The fraction of sp³-hybridized carbons (Fsp3) is 0.471. The molecule has 0 saturated carbocycles. The monoisotopic (exact) mass is 859 g/mol. The van der Waals surface area contributed by atoms with Gasteiger partial charge in [0.05, 0.1) is 39.6 Å². The second-order valence-corrected chi connectivity index (χ2v) is 19.8. The van der Waals surface area contributed by atoms with Crippen LogP contribution in [0, 0.1) is 0 Å². The van der Waals surface area contributed by atoms with Crippen LogP contribution in [-0.4, -0.2) is 28.7 Å². The van der Waals surface area contributed by atoms with Crippen LogP contribution in [-0.2, 0) is 111 Å². The molecule has 1 aliphatic rings. The Hall–Kier alpha value is -5.43. The molecule has 0 fully saturated rings. The minimum Gasteiger partial charge on any atom is -0.485 e.